The first-order valence-electron chi connectivity index (χ1n) is 17.4. The number of furan rings is 1. The lowest BCUT2D eigenvalue weighted by atomic mass is 9.53. The Morgan fingerprint density at radius 2 is 1.64 bits per heavy atom. The molecule has 2 heterocycles. The second-order valence-corrected chi connectivity index (χ2v) is 16.1. The van der Waals surface area contributed by atoms with Gasteiger partial charge in [0.05, 0.1) is 12.8 Å². The molecule has 4 bridgehead atoms. The Kier molecular flexibility index (Phi) is 6.63. The van der Waals surface area contributed by atoms with E-state index < -0.39 is 5.54 Å². The number of benzene rings is 1. The van der Waals surface area contributed by atoms with Crippen LogP contribution in [0.25, 0.3) is 10.9 Å². The summed E-state index contributed by atoms with van der Waals surface area (Å²) < 4.78 is 5.84. The van der Waals surface area contributed by atoms with Gasteiger partial charge in [-0.05, 0) is 117 Å². The summed E-state index contributed by atoms with van der Waals surface area (Å²) in [5, 5.41) is 4.99. The van der Waals surface area contributed by atoms with E-state index >= 15 is 0 Å². The Labute approximate surface area is 261 Å². The molecule has 2 N–H and O–H groups in total. The van der Waals surface area contributed by atoms with Crippen molar-refractivity contribution in [3.63, 3.8) is 0 Å². The van der Waals surface area contributed by atoms with Crippen molar-refractivity contribution in [3.05, 3.63) is 59.7 Å². The van der Waals surface area contributed by atoms with Crippen LogP contribution in [0.1, 0.15) is 114 Å². The van der Waals surface area contributed by atoms with Crippen LogP contribution in [-0.2, 0) is 16.1 Å². The lowest BCUT2D eigenvalue weighted by Crippen LogP contribution is -2.67. The number of para-hydroxylation sites is 1. The summed E-state index contributed by atoms with van der Waals surface area (Å²) >= 11 is 0. The fraction of sp³-hybridized carbons (Fsp3) is 0.632. The molecule has 2 unspecified atom stereocenters. The summed E-state index contributed by atoms with van der Waals surface area (Å²) in [6.45, 7) is 7.13. The minimum absolute atomic E-state index is 0.00290. The van der Waals surface area contributed by atoms with Crippen LogP contribution in [0.4, 0.5) is 0 Å². The number of carbonyl (C=O) groups excluding carboxylic acids is 2. The molecule has 6 aliphatic carbocycles. The number of aromatic nitrogens is 1. The average molecular weight is 596 g/mol. The molecular formula is C38H49N3O3. The summed E-state index contributed by atoms with van der Waals surface area (Å²) in [6, 6.07) is 12.4. The summed E-state index contributed by atoms with van der Waals surface area (Å²) in [5.74, 6) is 3.75. The molecule has 3 aromatic rings. The highest BCUT2D eigenvalue weighted by atomic mass is 16.3. The largest absolute Gasteiger partial charge is 0.467 e. The lowest BCUT2D eigenvalue weighted by molar-refractivity contribution is -0.155. The average Bonchev–Trinajstić information content (AvgIpc) is 3.35. The van der Waals surface area contributed by atoms with Gasteiger partial charge in [0.25, 0.3) is 0 Å². The predicted molar refractivity (Wildman–Crippen MR) is 172 cm³/mol. The number of fused-ring (bicyclic) bond motifs is 1. The molecular weight excluding hydrogens is 546 g/mol. The minimum atomic E-state index is -0.823. The van der Waals surface area contributed by atoms with Crippen molar-refractivity contribution in [1.82, 2.24) is 15.2 Å². The van der Waals surface area contributed by atoms with Gasteiger partial charge in [-0.2, -0.15) is 0 Å². The molecule has 0 spiro atoms. The highest BCUT2D eigenvalue weighted by Crippen LogP contribution is 2.67. The van der Waals surface area contributed by atoms with E-state index in [0.717, 1.165) is 80.4 Å². The topological polar surface area (TPSA) is 78.3 Å². The van der Waals surface area contributed by atoms with Crippen molar-refractivity contribution in [2.24, 2.45) is 29.1 Å². The molecule has 0 saturated heterocycles. The summed E-state index contributed by atoms with van der Waals surface area (Å²) in [4.78, 5) is 35.1. The Hall–Kier alpha value is -3.02. The first kappa shape index (κ1) is 28.5. The number of rotatable bonds is 8. The van der Waals surface area contributed by atoms with Gasteiger partial charge in [-0.3, -0.25) is 9.59 Å². The van der Waals surface area contributed by atoms with Crippen LogP contribution < -0.4 is 5.32 Å². The number of hydrogen-bond donors (Lipinski definition) is 2. The van der Waals surface area contributed by atoms with E-state index in [-0.39, 0.29) is 28.7 Å². The third-order valence-corrected chi connectivity index (χ3v) is 12.9. The molecule has 6 heteroatoms. The van der Waals surface area contributed by atoms with E-state index in [0.29, 0.717) is 18.9 Å². The Bertz CT molecular complexity index is 1520. The van der Waals surface area contributed by atoms with Crippen molar-refractivity contribution in [3.8, 4) is 0 Å². The van der Waals surface area contributed by atoms with Crippen LogP contribution >= 0.6 is 0 Å². The van der Waals surface area contributed by atoms with Crippen molar-refractivity contribution in [2.75, 3.05) is 0 Å². The van der Waals surface area contributed by atoms with E-state index in [1.54, 1.807) is 6.26 Å². The van der Waals surface area contributed by atoms with E-state index in [2.05, 4.69) is 55.3 Å². The monoisotopic (exact) mass is 595 g/mol. The molecule has 0 aliphatic heterocycles. The number of H-pyrrole nitrogens is 1. The minimum Gasteiger partial charge on any atom is -0.467 e. The van der Waals surface area contributed by atoms with Crippen LogP contribution in [0.15, 0.2) is 47.1 Å². The SMILES string of the molecule is Cc1[nH]c2ccccc2c1C1C(CC(=O)N(Cc2ccco2)C2(C(=O)NC34CC5CC(CC(C5)C3)C4)CCCCC2)C1(C)C. The number of carbonyl (C=O) groups is 2. The van der Waals surface area contributed by atoms with Gasteiger partial charge in [-0.1, -0.05) is 51.3 Å². The number of amides is 2. The van der Waals surface area contributed by atoms with Crippen LogP contribution in [0, 0.1) is 36.0 Å². The molecule has 44 heavy (non-hydrogen) atoms. The standard InChI is InChI=1S/C38H49N3O3/c1-24-33(29-11-5-6-12-31(29)39-24)34-30(36(34,2)3)19-32(42)41(23-28-10-9-15-44-28)38(13-7-4-8-14-38)35(43)40-37-20-25-16-26(21-37)18-27(17-25)22-37/h5-6,9-12,15,25-27,30,34,39H,4,7-8,13-14,16-23H2,1-3H3,(H,40,43). The molecule has 9 rings (SSSR count). The predicted octanol–water partition coefficient (Wildman–Crippen LogP) is 8.02. The Balaban J connectivity index is 1.10. The van der Waals surface area contributed by atoms with Gasteiger partial charge >= 0.3 is 0 Å². The van der Waals surface area contributed by atoms with E-state index in [4.69, 9.17) is 4.42 Å². The fourth-order valence-electron chi connectivity index (χ4n) is 11.1. The van der Waals surface area contributed by atoms with Gasteiger partial charge in [0, 0.05) is 28.6 Å². The Morgan fingerprint density at radius 1 is 0.955 bits per heavy atom. The maximum Gasteiger partial charge on any atom is 0.246 e. The first-order valence-corrected chi connectivity index (χ1v) is 17.4. The van der Waals surface area contributed by atoms with Crippen molar-refractivity contribution in [1.29, 1.82) is 0 Å². The molecule has 234 valence electrons. The van der Waals surface area contributed by atoms with Gasteiger partial charge in [0.1, 0.15) is 11.3 Å². The molecule has 2 atom stereocenters. The van der Waals surface area contributed by atoms with Gasteiger partial charge in [0.15, 0.2) is 0 Å². The highest BCUT2D eigenvalue weighted by molar-refractivity contribution is 5.93. The van der Waals surface area contributed by atoms with Gasteiger partial charge < -0.3 is 19.6 Å². The van der Waals surface area contributed by atoms with Gasteiger partial charge in [-0.25, -0.2) is 0 Å². The molecule has 6 saturated carbocycles. The number of nitrogens with one attached hydrogen (secondary N) is 2. The first-order chi connectivity index (χ1) is 21.2. The molecule has 6 fully saturated rings. The molecule has 2 amide bonds. The number of hydrogen-bond acceptors (Lipinski definition) is 3. The number of aryl methyl sites for hydroxylation is 1. The zero-order valence-electron chi connectivity index (χ0n) is 26.8. The Morgan fingerprint density at radius 3 is 2.30 bits per heavy atom. The van der Waals surface area contributed by atoms with E-state index in [1.807, 2.05) is 17.0 Å². The molecule has 0 radical (unpaired) electrons. The van der Waals surface area contributed by atoms with Gasteiger partial charge in [0.2, 0.25) is 11.8 Å². The molecule has 6 nitrogen and oxygen atoms in total. The lowest BCUT2D eigenvalue weighted by Gasteiger charge is -2.58. The molecule has 2 aromatic heterocycles. The maximum atomic E-state index is 14.8. The maximum absolute atomic E-state index is 14.8. The third kappa shape index (κ3) is 4.57. The third-order valence-electron chi connectivity index (χ3n) is 12.9. The highest BCUT2D eigenvalue weighted by Gasteiger charge is 2.61. The van der Waals surface area contributed by atoms with Crippen molar-refractivity contribution in [2.45, 2.75) is 121 Å². The quantitative estimate of drug-likeness (QED) is 0.277. The summed E-state index contributed by atoms with van der Waals surface area (Å²) in [7, 11) is 0. The van der Waals surface area contributed by atoms with E-state index in [9.17, 15) is 9.59 Å². The zero-order chi connectivity index (χ0) is 30.3. The molecule has 1 aromatic carbocycles. The normalized spacial score (nSPS) is 32.9. The van der Waals surface area contributed by atoms with Gasteiger partial charge in [-0.15, -0.1) is 0 Å². The van der Waals surface area contributed by atoms with Crippen LogP contribution in [0.2, 0.25) is 0 Å². The molecule has 6 aliphatic rings. The van der Waals surface area contributed by atoms with Crippen molar-refractivity contribution < 1.29 is 14.0 Å². The van der Waals surface area contributed by atoms with Crippen molar-refractivity contribution >= 4 is 22.7 Å². The van der Waals surface area contributed by atoms with Crippen LogP contribution in [0.5, 0.6) is 0 Å². The second-order valence-electron chi connectivity index (χ2n) is 16.1. The van der Waals surface area contributed by atoms with Crippen LogP contribution in [-0.4, -0.2) is 32.8 Å². The second kappa shape index (κ2) is 10.3. The summed E-state index contributed by atoms with van der Waals surface area (Å²) in [6.07, 6.45) is 14.1. The zero-order valence-corrected chi connectivity index (χ0v) is 26.8. The summed E-state index contributed by atoms with van der Waals surface area (Å²) in [5.41, 5.74) is 2.82. The number of nitrogens with zero attached hydrogens (tertiary/aromatic N) is 1. The van der Waals surface area contributed by atoms with Crippen LogP contribution in [0.3, 0.4) is 0 Å². The number of aromatic amines is 1. The smallest absolute Gasteiger partial charge is 0.246 e. The fourth-order valence-corrected chi connectivity index (χ4v) is 11.1. The van der Waals surface area contributed by atoms with E-state index in [1.165, 1.54) is 35.9 Å².